The number of carbonyl (C=O) groups is 1. The number of amides is 1. The summed E-state index contributed by atoms with van der Waals surface area (Å²) in [6.07, 6.45) is 2.54. The van der Waals surface area contributed by atoms with Gasteiger partial charge < -0.3 is 14.1 Å². The zero-order chi connectivity index (χ0) is 14.8. The Hall–Kier alpha value is -1.96. The summed E-state index contributed by atoms with van der Waals surface area (Å²) in [6.45, 7) is 0.973. The third-order valence-corrected chi connectivity index (χ3v) is 3.51. The first kappa shape index (κ1) is 14.0. The highest BCUT2D eigenvalue weighted by molar-refractivity contribution is 9.10. The van der Waals surface area contributed by atoms with Gasteiger partial charge in [-0.15, -0.1) is 0 Å². The van der Waals surface area contributed by atoms with Crippen molar-refractivity contribution in [2.24, 2.45) is 0 Å². The van der Waals surface area contributed by atoms with Crippen LogP contribution >= 0.6 is 15.9 Å². The summed E-state index contributed by atoms with van der Waals surface area (Å²) in [5, 5.41) is 0. The maximum absolute atomic E-state index is 12.7. The molecule has 3 rings (SSSR count). The highest BCUT2D eigenvalue weighted by atomic mass is 79.9. The highest BCUT2D eigenvalue weighted by Gasteiger charge is 2.30. The number of nitrogens with zero attached hydrogens (tertiary/aromatic N) is 3. The van der Waals surface area contributed by atoms with Crippen LogP contribution in [0.1, 0.15) is 17.0 Å². The molecular weight excluding hydrogens is 345 g/mol. The van der Waals surface area contributed by atoms with Crippen LogP contribution in [-0.2, 0) is 0 Å². The van der Waals surface area contributed by atoms with E-state index in [1.807, 2.05) is 0 Å². The SMILES string of the molecule is O=C(c1ccc(Br)o1)N1CC[C@@H](Oc2ncc(F)cn2)C1. The number of aromatic nitrogens is 2. The van der Waals surface area contributed by atoms with E-state index in [1.165, 1.54) is 0 Å². The van der Waals surface area contributed by atoms with Crippen molar-refractivity contribution in [2.45, 2.75) is 12.5 Å². The summed E-state index contributed by atoms with van der Waals surface area (Å²) in [7, 11) is 0. The number of halogens is 2. The topological polar surface area (TPSA) is 68.5 Å². The molecule has 1 atom stereocenters. The van der Waals surface area contributed by atoms with Crippen molar-refractivity contribution in [2.75, 3.05) is 13.1 Å². The Balaban J connectivity index is 1.60. The quantitative estimate of drug-likeness (QED) is 0.844. The van der Waals surface area contributed by atoms with E-state index in [9.17, 15) is 9.18 Å². The monoisotopic (exact) mass is 355 g/mol. The maximum atomic E-state index is 12.7. The molecule has 1 fully saturated rings. The smallest absolute Gasteiger partial charge is 0.316 e. The van der Waals surface area contributed by atoms with Crippen LogP contribution in [0.2, 0.25) is 0 Å². The molecule has 0 aromatic carbocycles. The van der Waals surface area contributed by atoms with Gasteiger partial charge >= 0.3 is 6.01 Å². The van der Waals surface area contributed by atoms with Crippen LogP contribution in [0.5, 0.6) is 6.01 Å². The first-order chi connectivity index (χ1) is 10.1. The summed E-state index contributed by atoms with van der Waals surface area (Å²) in [5.74, 6) is -0.429. The number of carbonyl (C=O) groups excluding carboxylic acids is 1. The van der Waals surface area contributed by atoms with Crippen molar-refractivity contribution in [3.05, 3.63) is 40.8 Å². The molecular formula is C13H11BrFN3O3. The lowest BCUT2D eigenvalue weighted by Gasteiger charge is -2.15. The van der Waals surface area contributed by atoms with E-state index in [-0.39, 0.29) is 23.8 Å². The summed E-state index contributed by atoms with van der Waals surface area (Å²) in [4.78, 5) is 21.3. The third-order valence-electron chi connectivity index (χ3n) is 3.08. The average molecular weight is 356 g/mol. The van der Waals surface area contributed by atoms with Crippen molar-refractivity contribution in [1.82, 2.24) is 14.9 Å². The van der Waals surface area contributed by atoms with Crippen molar-refractivity contribution < 1.29 is 18.3 Å². The van der Waals surface area contributed by atoms with Crippen LogP contribution in [-0.4, -0.2) is 40.0 Å². The van der Waals surface area contributed by atoms with Crippen LogP contribution in [0.4, 0.5) is 4.39 Å². The maximum Gasteiger partial charge on any atom is 0.316 e. The van der Waals surface area contributed by atoms with E-state index in [0.717, 1.165) is 12.4 Å². The summed E-state index contributed by atoms with van der Waals surface area (Å²) >= 11 is 3.16. The predicted molar refractivity (Wildman–Crippen MR) is 73.3 cm³/mol. The molecule has 2 aromatic rings. The number of hydrogen-bond donors (Lipinski definition) is 0. The van der Waals surface area contributed by atoms with Gasteiger partial charge in [-0.2, -0.15) is 0 Å². The number of likely N-dealkylation sites (tertiary alicyclic amines) is 1. The standard InChI is InChI=1S/C13H11BrFN3O3/c14-11-2-1-10(21-11)12(19)18-4-3-9(7-18)20-13-16-5-8(15)6-17-13/h1-2,5-6,9H,3-4,7H2/t9-/m1/s1. The Morgan fingerprint density at radius 3 is 2.86 bits per heavy atom. The molecule has 1 aliphatic rings. The van der Waals surface area contributed by atoms with Crippen molar-refractivity contribution in [3.8, 4) is 6.01 Å². The average Bonchev–Trinajstić information content (AvgIpc) is 3.10. The van der Waals surface area contributed by atoms with Crippen LogP contribution in [0.3, 0.4) is 0 Å². The number of furan rings is 1. The largest absolute Gasteiger partial charge is 0.458 e. The molecule has 8 heteroatoms. The predicted octanol–water partition coefficient (Wildman–Crippen LogP) is 2.26. The minimum absolute atomic E-state index is 0.108. The van der Waals surface area contributed by atoms with Crippen LogP contribution in [0.15, 0.2) is 33.6 Å². The lowest BCUT2D eigenvalue weighted by molar-refractivity contribution is 0.0737. The Kier molecular flexibility index (Phi) is 3.87. The molecule has 0 spiro atoms. The Morgan fingerprint density at radius 1 is 1.43 bits per heavy atom. The van der Waals surface area contributed by atoms with Gasteiger partial charge in [0.05, 0.1) is 18.9 Å². The summed E-state index contributed by atoms with van der Waals surface area (Å²) in [6, 6.07) is 3.39. The minimum Gasteiger partial charge on any atom is -0.458 e. The summed E-state index contributed by atoms with van der Waals surface area (Å²) < 4.78 is 24.0. The molecule has 0 N–H and O–H groups in total. The first-order valence-corrected chi connectivity index (χ1v) is 7.10. The van der Waals surface area contributed by atoms with E-state index in [4.69, 9.17) is 9.15 Å². The Morgan fingerprint density at radius 2 is 2.19 bits per heavy atom. The zero-order valence-electron chi connectivity index (χ0n) is 10.8. The highest BCUT2D eigenvalue weighted by Crippen LogP contribution is 2.20. The molecule has 2 aromatic heterocycles. The molecule has 0 aliphatic carbocycles. The van der Waals surface area contributed by atoms with Crippen LogP contribution in [0.25, 0.3) is 0 Å². The van der Waals surface area contributed by atoms with Crippen LogP contribution < -0.4 is 4.74 Å². The molecule has 6 nitrogen and oxygen atoms in total. The van der Waals surface area contributed by atoms with Gasteiger partial charge in [0.1, 0.15) is 6.10 Å². The van der Waals surface area contributed by atoms with Crippen molar-refractivity contribution in [3.63, 3.8) is 0 Å². The fraction of sp³-hybridized carbons (Fsp3) is 0.308. The van der Waals surface area contributed by atoms with E-state index in [2.05, 4.69) is 25.9 Å². The second-order valence-electron chi connectivity index (χ2n) is 4.57. The molecule has 110 valence electrons. The van der Waals surface area contributed by atoms with Crippen LogP contribution in [0, 0.1) is 5.82 Å². The number of ether oxygens (including phenoxy) is 1. The second kappa shape index (κ2) is 5.80. The van der Waals surface area contributed by atoms with Gasteiger partial charge in [0, 0.05) is 13.0 Å². The molecule has 1 amide bonds. The third kappa shape index (κ3) is 3.21. The molecule has 0 bridgehead atoms. The molecule has 3 heterocycles. The zero-order valence-corrected chi connectivity index (χ0v) is 12.4. The summed E-state index contributed by atoms with van der Waals surface area (Å²) in [5.41, 5.74) is 0. The van der Waals surface area contributed by atoms with Gasteiger partial charge in [0.25, 0.3) is 5.91 Å². The van der Waals surface area contributed by atoms with Gasteiger partial charge in [-0.1, -0.05) is 0 Å². The molecule has 0 radical (unpaired) electrons. The lowest BCUT2D eigenvalue weighted by Crippen LogP contribution is -2.30. The fourth-order valence-corrected chi connectivity index (χ4v) is 2.41. The lowest BCUT2D eigenvalue weighted by atomic mass is 10.3. The van der Waals surface area contributed by atoms with Gasteiger partial charge in [0.15, 0.2) is 16.2 Å². The fourth-order valence-electron chi connectivity index (χ4n) is 2.10. The molecule has 21 heavy (non-hydrogen) atoms. The molecule has 1 saturated heterocycles. The van der Waals surface area contributed by atoms with E-state index in [1.54, 1.807) is 17.0 Å². The van der Waals surface area contributed by atoms with E-state index < -0.39 is 5.82 Å². The Bertz CT molecular complexity index is 646. The van der Waals surface area contributed by atoms with Gasteiger partial charge in [-0.05, 0) is 28.1 Å². The Labute approximate surface area is 128 Å². The van der Waals surface area contributed by atoms with E-state index >= 15 is 0 Å². The first-order valence-electron chi connectivity index (χ1n) is 6.30. The minimum atomic E-state index is -0.519. The second-order valence-corrected chi connectivity index (χ2v) is 5.35. The van der Waals surface area contributed by atoms with Gasteiger partial charge in [-0.25, -0.2) is 14.4 Å². The number of hydrogen-bond acceptors (Lipinski definition) is 5. The van der Waals surface area contributed by atoms with Crippen molar-refractivity contribution >= 4 is 21.8 Å². The molecule has 0 saturated carbocycles. The van der Waals surface area contributed by atoms with Crippen molar-refractivity contribution in [1.29, 1.82) is 0 Å². The normalized spacial score (nSPS) is 18.0. The number of rotatable bonds is 3. The van der Waals surface area contributed by atoms with E-state index in [0.29, 0.717) is 24.2 Å². The molecule has 1 aliphatic heterocycles. The van der Waals surface area contributed by atoms with Gasteiger partial charge in [0.2, 0.25) is 0 Å². The van der Waals surface area contributed by atoms with Gasteiger partial charge in [-0.3, -0.25) is 4.79 Å². The molecule has 0 unspecified atom stereocenters.